The second kappa shape index (κ2) is 9.89. The largest absolute Gasteiger partial charge is 0.356 e. The molecule has 0 atom stereocenters. The topological polar surface area (TPSA) is 45.5 Å². The molecule has 1 aromatic rings. The van der Waals surface area contributed by atoms with E-state index in [1.807, 2.05) is 30.2 Å². The van der Waals surface area contributed by atoms with Crippen molar-refractivity contribution in [1.29, 1.82) is 0 Å². The lowest BCUT2D eigenvalue weighted by molar-refractivity contribution is 0.293. The summed E-state index contributed by atoms with van der Waals surface area (Å²) in [5, 5.41) is 7.79. The molecule has 1 N–H and O–H groups in total. The second-order valence-corrected chi connectivity index (χ2v) is 8.17. The summed E-state index contributed by atoms with van der Waals surface area (Å²) in [5.41, 5.74) is 0. The van der Waals surface area contributed by atoms with E-state index in [1.54, 1.807) is 0 Å². The zero-order valence-corrected chi connectivity index (χ0v) is 17.8. The van der Waals surface area contributed by atoms with Crippen LogP contribution in [0, 0.1) is 0 Å². The fourth-order valence-corrected chi connectivity index (χ4v) is 5.30. The lowest BCUT2D eigenvalue weighted by Crippen LogP contribution is -2.53. The van der Waals surface area contributed by atoms with E-state index in [2.05, 4.69) is 32.1 Å². The van der Waals surface area contributed by atoms with Crippen molar-refractivity contribution < 1.29 is 0 Å². The minimum Gasteiger partial charge on any atom is -0.356 e. The van der Waals surface area contributed by atoms with Gasteiger partial charge in [0.05, 0.1) is 0 Å². The quantitative estimate of drug-likeness (QED) is 0.323. The Balaban J connectivity index is 0.00000208. The van der Waals surface area contributed by atoms with Crippen molar-refractivity contribution in [3.63, 3.8) is 0 Å². The Morgan fingerprint density at radius 1 is 1.33 bits per heavy atom. The molecule has 2 heterocycles. The summed E-state index contributed by atoms with van der Waals surface area (Å²) in [4.78, 5) is 7.01. The monoisotopic (exact) mass is 463 g/mol. The molecule has 2 aliphatic rings. The molecule has 0 aromatic carbocycles. The molecule has 3 rings (SSSR count). The van der Waals surface area contributed by atoms with Gasteiger partial charge in [-0.15, -0.1) is 24.0 Å². The summed E-state index contributed by atoms with van der Waals surface area (Å²) in [6.45, 7) is 4.18. The molecule has 1 saturated heterocycles. The molecular formula is C17H30IN5S. The minimum atomic E-state index is 0. The van der Waals surface area contributed by atoms with Crippen molar-refractivity contribution in [3.05, 3.63) is 18.5 Å². The smallest absolute Gasteiger partial charge is 0.193 e. The van der Waals surface area contributed by atoms with Gasteiger partial charge < -0.3 is 10.2 Å². The molecule has 5 nitrogen and oxygen atoms in total. The van der Waals surface area contributed by atoms with Crippen molar-refractivity contribution in [2.24, 2.45) is 4.99 Å². The van der Waals surface area contributed by atoms with Crippen LogP contribution in [0.3, 0.4) is 0 Å². The summed E-state index contributed by atoms with van der Waals surface area (Å²) in [6.07, 6.45) is 11.9. The van der Waals surface area contributed by atoms with Gasteiger partial charge in [0.15, 0.2) is 5.96 Å². The van der Waals surface area contributed by atoms with Crippen LogP contribution in [-0.4, -0.2) is 57.8 Å². The lowest BCUT2D eigenvalue weighted by Gasteiger charge is -2.45. The van der Waals surface area contributed by atoms with E-state index in [0.717, 1.165) is 38.6 Å². The van der Waals surface area contributed by atoms with Gasteiger partial charge in [-0.3, -0.25) is 9.67 Å². The van der Waals surface area contributed by atoms with Gasteiger partial charge in [0.1, 0.15) is 0 Å². The van der Waals surface area contributed by atoms with Crippen molar-refractivity contribution in [3.8, 4) is 0 Å². The second-order valence-electron chi connectivity index (χ2n) is 6.61. The first-order valence-corrected chi connectivity index (χ1v) is 9.87. The molecule has 7 heteroatoms. The number of thioether (sulfide) groups is 1. The molecule has 24 heavy (non-hydrogen) atoms. The number of halogens is 1. The van der Waals surface area contributed by atoms with Crippen LogP contribution in [-0.2, 0) is 6.54 Å². The van der Waals surface area contributed by atoms with E-state index >= 15 is 0 Å². The third kappa shape index (κ3) is 5.28. The maximum Gasteiger partial charge on any atom is 0.193 e. The van der Waals surface area contributed by atoms with Gasteiger partial charge in [-0.05, 0) is 25.3 Å². The lowest BCUT2D eigenvalue weighted by atomic mass is 9.87. The number of guanidine groups is 1. The Hall–Kier alpha value is -0.440. The number of aryl methyl sites for hydroxylation is 1. The van der Waals surface area contributed by atoms with Crippen LogP contribution >= 0.6 is 35.7 Å². The van der Waals surface area contributed by atoms with Crippen molar-refractivity contribution >= 4 is 41.7 Å². The average Bonchev–Trinajstić information content (AvgIpc) is 3.09. The fourth-order valence-electron chi connectivity index (χ4n) is 3.73. The van der Waals surface area contributed by atoms with E-state index < -0.39 is 0 Å². The number of nitrogens with one attached hydrogen (secondary N) is 1. The minimum absolute atomic E-state index is 0. The Kier molecular flexibility index (Phi) is 8.19. The molecule has 0 radical (unpaired) electrons. The molecule has 1 saturated carbocycles. The van der Waals surface area contributed by atoms with Crippen molar-refractivity contribution in [1.82, 2.24) is 20.0 Å². The Bertz CT molecular complexity index is 494. The first-order chi connectivity index (χ1) is 11.3. The standard InChI is InChI=1S/C17H29N5S.HI/c1-18-16(19-9-5-11-22-12-6-10-20-22)21-13-14-23-17(15-21)7-3-2-4-8-17;/h6,10,12H,2-5,7-9,11,13-15H2,1H3,(H,18,19);1H. The van der Waals surface area contributed by atoms with E-state index in [0.29, 0.717) is 4.75 Å². The van der Waals surface area contributed by atoms with Gasteiger partial charge in [0.25, 0.3) is 0 Å². The van der Waals surface area contributed by atoms with E-state index in [-0.39, 0.29) is 24.0 Å². The van der Waals surface area contributed by atoms with E-state index in [1.165, 1.54) is 37.9 Å². The van der Waals surface area contributed by atoms with Gasteiger partial charge >= 0.3 is 0 Å². The normalized spacial score (nSPS) is 20.7. The Labute approximate surface area is 167 Å². The first kappa shape index (κ1) is 19.9. The Morgan fingerprint density at radius 2 is 2.17 bits per heavy atom. The number of hydrogen-bond donors (Lipinski definition) is 1. The third-order valence-electron chi connectivity index (χ3n) is 4.93. The van der Waals surface area contributed by atoms with Crippen LogP contribution in [0.2, 0.25) is 0 Å². The van der Waals surface area contributed by atoms with Crippen LogP contribution in [0.25, 0.3) is 0 Å². The molecule has 1 aliphatic heterocycles. The van der Waals surface area contributed by atoms with E-state index in [9.17, 15) is 0 Å². The third-order valence-corrected chi connectivity index (χ3v) is 6.47. The summed E-state index contributed by atoms with van der Waals surface area (Å²) >= 11 is 2.21. The summed E-state index contributed by atoms with van der Waals surface area (Å²) in [6, 6.07) is 1.97. The molecule has 0 unspecified atom stereocenters. The van der Waals surface area contributed by atoms with E-state index in [4.69, 9.17) is 0 Å². The molecule has 1 aliphatic carbocycles. The molecule has 1 aromatic heterocycles. The summed E-state index contributed by atoms with van der Waals surface area (Å²) in [7, 11) is 1.91. The summed E-state index contributed by atoms with van der Waals surface area (Å²) in [5.74, 6) is 2.31. The highest BCUT2D eigenvalue weighted by Crippen LogP contribution is 2.42. The maximum absolute atomic E-state index is 4.52. The Morgan fingerprint density at radius 3 is 2.88 bits per heavy atom. The molecule has 2 fully saturated rings. The van der Waals surface area contributed by atoms with Gasteiger partial charge in [-0.1, -0.05) is 19.3 Å². The fraction of sp³-hybridized carbons (Fsp3) is 0.765. The number of rotatable bonds is 4. The first-order valence-electron chi connectivity index (χ1n) is 8.88. The van der Waals surface area contributed by atoms with Gasteiger partial charge in [0, 0.05) is 56.1 Å². The molecule has 0 amide bonds. The highest BCUT2D eigenvalue weighted by molar-refractivity contribution is 14.0. The zero-order valence-electron chi connectivity index (χ0n) is 14.6. The zero-order chi connectivity index (χ0) is 16.0. The van der Waals surface area contributed by atoms with Crippen LogP contribution in [0.15, 0.2) is 23.5 Å². The number of aromatic nitrogens is 2. The van der Waals surface area contributed by atoms with Gasteiger partial charge in [0.2, 0.25) is 0 Å². The van der Waals surface area contributed by atoms with Crippen LogP contribution in [0.4, 0.5) is 0 Å². The van der Waals surface area contributed by atoms with Crippen molar-refractivity contribution in [2.75, 3.05) is 32.4 Å². The SMILES string of the molecule is CN=C(NCCCn1cccn1)N1CCSC2(CCCCC2)C1.I. The summed E-state index contributed by atoms with van der Waals surface area (Å²) < 4.78 is 2.47. The predicted molar refractivity (Wildman–Crippen MR) is 113 cm³/mol. The average molecular weight is 463 g/mol. The van der Waals surface area contributed by atoms with Crippen LogP contribution < -0.4 is 5.32 Å². The predicted octanol–water partition coefficient (Wildman–Crippen LogP) is 3.22. The van der Waals surface area contributed by atoms with Gasteiger partial charge in [-0.25, -0.2) is 0 Å². The highest BCUT2D eigenvalue weighted by Gasteiger charge is 2.38. The maximum atomic E-state index is 4.52. The molecule has 136 valence electrons. The molecule has 1 spiro atoms. The highest BCUT2D eigenvalue weighted by atomic mass is 127. The number of nitrogens with zero attached hydrogens (tertiary/aromatic N) is 4. The van der Waals surface area contributed by atoms with Gasteiger partial charge in [-0.2, -0.15) is 16.9 Å². The van der Waals surface area contributed by atoms with Crippen LogP contribution in [0.5, 0.6) is 0 Å². The van der Waals surface area contributed by atoms with Crippen LogP contribution in [0.1, 0.15) is 38.5 Å². The van der Waals surface area contributed by atoms with Crippen molar-refractivity contribution in [2.45, 2.75) is 49.8 Å². The number of hydrogen-bond acceptors (Lipinski definition) is 3. The molecular weight excluding hydrogens is 433 g/mol. The number of aliphatic imine (C=N–C) groups is 1. The molecule has 0 bridgehead atoms.